The first kappa shape index (κ1) is 8.42. The van der Waals surface area contributed by atoms with Crippen LogP contribution in [0.3, 0.4) is 0 Å². The van der Waals surface area contributed by atoms with Gasteiger partial charge in [0.15, 0.2) is 11.6 Å². The molecule has 2 rings (SSSR count). The highest BCUT2D eigenvalue weighted by atomic mass is 127. The molecule has 0 radical (unpaired) electrons. The molecule has 0 spiro atoms. The van der Waals surface area contributed by atoms with Gasteiger partial charge in [-0.1, -0.05) is 5.16 Å². The molecule has 0 saturated heterocycles. The molecule has 2 aromatic rings. The van der Waals surface area contributed by atoms with Crippen molar-refractivity contribution in [2.45, 2.75) is 0 Å². The van der Waals surface area contributed by atoms with Gasteiger partial charge in [-0.3, -0.25) is 0 Å². The van der Waals surface area contributed by atoms with E-state index in [2.05, 4.69) is 37.9 Å². The maximum atomic E-state index is 5.53. The Morgan fingerprint density at radius 1 is 1.38 bits per heavy atom. The lowest BCUT2D eigenvalue weighted by molar-refractivity contribution is 0.435. The fourth-order valence-electron chi connectivity index (χ4n) is 0.896. The minimum Gasteiger partial charge on any atom is -0.380 e. The highest BCUT2D eigenvalue weighted by molar-refractivity contribution is 14.1. The van der Waals surface area contributed by atoms with Crippen molar-refractivity contribution < 1.29 is 4.52 Å². The lowest BCUT2D eigenvalue weighted by Gasteiger charge is -1.92. The Balaban J connectivity index is 2.53. The van der Waals surface area contributed by atoms with Crippen LogP contribution in [0, 0.1) is 3.57 Å². The molecule has 0 saturated carbocycles. The third kappa shape index (κ3) is 1.48. The SMILES string of the molecule is Nc1noc(-c2ccnnc2)c1I. The number of hydrogen-bond acceptors (Lipinski definition) is 5. The molecule has 0 aliphatic carbocycles. The van der Waals surface area contributed by atoms with Gasteiger partial charge in [0.05, 0.1) is 12.4 Å². The second-order valence-electron chi connectivity index (χ2n) is 2.34. The Kier molecular flexibility index (Phi) is 2.13. The molecule has 0 atom stereocenters. The molecule has 66 valence electrons. The minimum atomic E-state index is 0.396. The Labute approximate surface area is 87.5 Å². The van der Waals surface area contributed by atoms with Gasteiger partial charge in [0.25, 0.3) is 0 Å². The van der Waals surface area contributed by atoms with Crippen LogP contribution in [0.25, 0.3) is 11.3 Å². The lowest BCUT2D eigenvalue weighted by atomic mass is 10.2. The Hall–Kier alpha value is -1.18. The van der Waals surface area contributed by atoms with Crippen LogP contribution >= 0.6 is 22.6 Å². The first-order valence-electron chi connectivity index (χ1n) is 3.47. The van der Waals surface area contributed by atoms with Gasteiger partial charge in [0, 0.05) is 5.56 Å². The van der Waals surface area contributed by atoms with Gasteiger partial charge in [-0.15, -0.1) is 0 Å². The fraction of sp³-hybridized carbons (Fsp3) is 0. The first-order valence-corrected chi connectivity index (χ1v) is 4.54. The Bertz CT molecular complexity index is 414. The standard InChI is InChI=1S/C7H5IN4O/c8-5-6(13-12-7(5)9)4-1-2-10-11-3-4/h1-3H,(H2,9,12). The molecular formula is C7H5IN4O. The molecule has 13 heavy (non-hydrogen) atoms. The zero-order valence-corrected chi connectivity index (χ0v) is 8.59. The first-order chi connectivity index (χ1) is 6.29. The minimum absolute atomic E-state index is 0.396. The summed E-state index contributed by atoms with van der Waals surface area (Å²) in [5, 5.41) is 11.0. The lowest BCUT2D eigenvalue weighted by Crippen LogP contribution is -1.86. The van der Waals surface area contributed by atoms with E-state index in [9.17, 15) is 0 Å². The summed E-state index contributed by atoms with van der Waals surface area (Å²) in [5.41, 5.74) is 6.35. The molecule has 6 heteroatoms. The maximum Gasteiger partial charge on any atom is 0.184 e. The van der Waals surface area contributed by atoms with Gasteiger partial charge in [-0.25, -0.2) is 0 Å². The maximum absolute atomic E-state index is 5.53. The molecule has 0 aliphatic heterocycles. The van der Waals surface area contributed by atoms with Gasteiger partial charge < -0.3 is 10.3 Å². The van der Waals surface area contributed by atoms with Crippen LogP contribution in [0.4, 0.5) is 5.82 Å². The van der Waals surface area contributed by atoms with Crippen LogP contribution in [-0.4, -0.2) is 15.4 Å². The topological polar surface area (TPSA) is 77.8 Å². The molecule has 2 N–H and O–H groups in total. The summed E-state index contributed by atoms with van der Waals surface area (Å²) in [7, 11) is 0. The number of anilines is 1. The van der Waals surface area contributed by atoms with Gasteiger partial charge in [-0.2, -0.15) is 10.2 Å². The van der Waals surface area contributed by atoms with Gasteiger partial charge in [0.2, 0.25) is 0 Å². The highest BCUT2D eigenvalue weighted by Gasteiger charge is 2.12. The molecule has 0 aromatic carbocycles. The van der Waals surface area contributed by atoms with E-state index in [4.69, 9.17) is 10.3 Å². The predicted octanol–water partition coefficient (Wildman–Crippen LogP) is 1.32. The van der Waals surface area contributed by atoms with E-state index in [-0.39, 0.29) is 0 Å². The summed E-state index contributed by atoms with van der Waals surface area (Å²) in [4.78, 5) is 0. The number of halogens is 1. The summed E-state index contributed by atoms with van der Waals surface area (Å²) >= 11 is 2.07. The highest BCUT2D eigenvalue weighted by Crippen LogP contribution is 2.27. The van der Waals surface area contributed by atoms with Crippen LogP contribution in [0.1, 0.15) is 0 Å². The molecule has 0 unspecified atom stereocenters. The monoisotopic (exact) mass is 288 g/mol. The number of nitrogen functional groups attached to an aromatic ring is 1. The van der Waals surface area contributed by atoms with Crippen molar-refractivity contribution in [3.05, 3.63) is 22.0 Å². The van der Waals surface area contributed by atoms with Crippen molar-refractivity contribution in [2.24, 2.45) is 0 Å². The smallest absolute Gasteiger partial charge is 0.184 e. The predicted molar refractivity (Wildman–Crippen MR) is 54.7 cm³/mol. The largest absolute Gasteiger partial charge is 0.380 e. The van der Waals surface area contributed by atoms with E-state index in [1.54, 1.807) is 18.5 Å². The van der Waals surface area contributed by atoms with E-state index >= 15 is 0 Å². The summed E-state index contributed by atoms with van der Waals surface area (Å²) in [5.74, 6) is 1.03. The molecular weight excluding hydrogens is 283 g/mol. The van der Waals surface area contributed by atoms with Gasteiger partial charge >= 0.3 is 0 Å². The molecule has 0 bridgehead atoms. The third-order valence-corrected chi connectivity index (χ3v) is 2.55. The summed E-state index contributed by atoms with van der Waals surface area (Å²) < 4.78 is 5.83. The number of aromatic nitrogens is 3. The van der Waals surface area contributed by atoms with Crippen molar-refractivity contribution in [3.63, 3.8) is 0 Å². The average Bonchev–Trinajstić information content (AvgIpc) is 2.49. The number of hydrogen-bond donors (Lipinski definition) is 1. The third-order valence-electron chi connectivity index (χ3n) is 1.51. The molecule has 0 aliphatic rings. The van der Waals surface area contributed by atoms with E-state index in [1.165, 1.54) is 0 Å². The second-order valence-corrected chi connectivity index (χ2v) is 3.42. The van der Waals surface area contributed by atoms with E-state index in [0.717, 1.165) is 9.13 Å². The summed E-state index contributed by atoms with van der Waals surface area (Å²) in [6, 6.07) is 1.79. The second kappa shape index (κ2) is 3.29. The van der Waals surface area contributed by atoms with Crippen molar-refractivity contribution in [3.8, 4) is 11.3 Å². The van der Waals surface area contributed by atoms with Crippen LogP contribution < -0.4 is 5.73 Å². The van der Waals surface area contributed by atoms with E-state index in [0.29, 0.717) is 11.6 Å². The van der Waals surface area contributed by atoms with Gasteiger partial charge in [-0.05, 0) is 28.7 Å². The fourth-order valence-corrected chi connectivity index (χ4v) is 1.40. The molecule has 0 amide bonds. The van der Waals surface area contributed by atoms with Crippen LogP contribution in [0.15, 0.2) is 23.0 Å². The zero-order valence-electron chi connectivity index (χ0n) is 6.44. The molecule has 2 aromatic heterocycles. The van der Waals surface area contributed by atoms with Crippen molar-refractivity contribution in [1.29, 1.82) is 0 Å². The van der Waals surface area contributed by atoms with E-state index < -0.39 is 0 Å². The van der Waals surface area contributed by atoms with Crippen molar-refractivity contribution in [1.82, 2.24) is 15.4 Å². The van der Waals surface area contributed by atoms with Crippen LogP contribution in [0.5, 0.6) is 0 Å². The average molecular weight is 288 g/mol. The van der Waals surface area contributed by atoms with Crippen LogP contribution in [0.2, 0.25) is 0 Å². The number of rotatable bonds is 1. The van der Waals surface area contributed by atoms with E-state index in [1.807, 2.05) is 0 Å². The molecule has 5 nitrogen and oxygen atoms in total. The summed E-state index contributed by atoms with van der Waals surface area (Å²) in [6.45, 7) is 0. The molecule has 0 fully saturated rings. The van der Waals surface area contributed by atoms with Gasteiger partial charge in [0.1, 0.15) is 3.57 Å². The summed E-state index contributed by atoms with van der Waals surface area (Å²) in [6.07, 6.45) is 3.19. The van der Waals surface area contributed by atoms with Crippen molar-refractivity contribution in [2.75, 3.05) is 5.73 Å². The van der Waals surface area contributed by atoms with Crippen LogP contribution in [-0.2, 0) is 0 Å². The number of nitrogens with two attached hydrogens (primary N) is 1. The Morgan fingerprint density at radius 3 is 2.77 bits per heavy atom. The normalized spacial score (nSPS) is 10.2. The quantitative estimate of drug-likeness (QED) is 0.801. The Morgan fingerprint density at radius 2 is 2.23 bits per heavy atom. The van der Waals surface area contributed by atoms with Crippen molar-refractivity contribution >= 4 is 28.4 Å². The number of nitrogens with zero attached hydrogens (tertiary/aromatic N) is 3. The zero-order chi connectivity index (χ0) is 9.26. The molecule has 2 heterocycles.